The predicted molar refractivity (Wildman–Crippen MR) is 288 cm³/mol. The van der Waals surface area contributed by atoms with Crippen LogP contribution in [0.15, 0.2) is 72.9 Å². The lowest BCUT2D eigenvalue weighted by Gasteiger charge is -2.18. The third kappa shape index (κ3) is 53.7. The van der Waals surface area contributed by atoms with Crippen LogP contribution in [0.25, 0.3) is 0 Å². The summed E-state index contributed by atoms with van der Waals surface area (Å²) in [5.41, 5.74) is 0. The minimum atomic E-state index is -0.810. The number of carbonyl (C=O) groups is 3. The molecule has 0 amide bonds. The molecule has 0 bridgehead atoms. The topological polar surface area (TPSA) is 78.9 Å². The van der Waals surface area contributed by atoms with Crippen LogP contribution >= 0.6 is 0 Å². The average Bonchev–Trinajstić information content (AvgIpc) is 3.33. The molecule has 1 atom stereocenters. The summed E-state index contributed by atoms with van der Waals surface area (Å²) in [5.74, 6) is -0.978. The van der Waals surface area contributed by atoms with E-state index in [0.717, 1.165) is 77.0 Å². The van der Waals surface area contributed by atoms with Crippen LogP contribution in [0.4, 0.5) is 0 Å². The van der Waals surface area contributed by atoms with Gasteiger partial charge in [-0.1, -0.05) is 248 Å². The van der Waals surface area contributed by atoms with E-state index < -0.39 is 6.10 Å². The molecule has 0 aliphatic carbocycles. The molecule has 0 fully saturated rings. The molecule has 1 unspecified atom stereocenters. The zero-order valence-corrected chi connectivity index (χ0v) is 44.2. The second-order valence-corrected chi connectivity index (χ2v) is 18.9. The van der Waals surface area contributed by atoms with Crippen molar-refractivity contribution in [3.8, 4) is 0 Å². The van der Waals surface area contributed by atoms with E-state index in [1.807, 2.05) is 0 Å². The first-order chi connectivity index (χ1) is 33.0. The third-order valence-electron chi connectivity index (χ3n) is 12.2. The molecule has 0 aromatic rings. The maximum absolute atomic E-state index is 12.8. The molecule has 0 heterocycles. The fourth-order valence-corrected chi connectivity index (χ4v) is 7.90. The van der Waals surface area contributed by atoms with E-state index in [2.05, 4.69) is 93.7 Å². The molecular formula is C61H106O6. The van der Waals surface area contributed by atoms with Crippen molar-refractivity contribution in [2.45, 2.75) is 284 Å². The van der Waals surface area contributed by atoms with Gasteiger partial charge in [0.1, 0.15) is 13.2 Å². The van der Waals surface area contributed by atoms with E-state index in [1.165, 1.54) is 154 Å². The monoisotopic (exact) mass is 935 g/mol. The van der Waals surface area contributed by atoms with E-state index in [1.54, 1.807) is 0 Å². The highest BCUT2D eigenvalue weighted by Crippen LogP contribution is 2.15. The summed E-state index contributed by atoms with van der Waals surface area (Å²) in [5, 5.41) is 0. The number of esters is 3. The molecule has 67 heavy (non-hydrogen) atoms. The molecule has 386 valence electrons. The Bertz CT molecular complexity index is 1260. The second kappa shape index (κ2) is 55.4. The summed E-state index contributed by atoms with van der Waals surface area (Å²) >= 11 is 0. The first-order valence-corrected chi connectivity index (χ1v) is 28.5. The largest absolute Gasteiger partial charge is 0.462 e. The zero-order chi connectivity index (χ0) is 48.6. The summed E-state index contributed by atoms with van der Waals surface area (Å²) in [7, 11) is 0. The molecule has 0 aromatic carbocycles. The number of unbranched alkanes of at least 4 members (excludes halogenated alkanes) is 29. The fraction of sp³-hybridized carbons (Fsp3) is 0.754. The molecule has 0 N–H and O–H groups in total. The maximum Gasteiger partial charge on any atom is 0.306 e. The Morgan fingerprint density at radius 1 is 0.313 bits per heavy atom. The highest BCUT2D eigenvalue weighted by atomic mass is 16.6. The summed E-state index contributed by atoms with van der Waals surface area (Å²) in [4.78, 5) is 38.1. The van der Waals surface area contributed by atoms with E-state index in [4.69, 9.17) is 14.2 Å². The van der Waals surface area contributed by atoms with Gasteiger partial charge in [-0.05, 0) is 83.5 Å². The van der Waals surface area contributed by atoms with Crippen molar-refractivity contribution in [1.82, 2.24) is 0 Å². The highest BCUT2D eigenvalue weighted by Gasteiger charge is 2.19. The Kier molecular flexibility index (Phi) is 52.8. The van der Waals surface area contributed by atoms with E-state index in [-0.39, 0.29) is 44.0 Å². The van der Waals surface area contributed by atoms with Crippen LogP contribution in [-0.2, 0) is 28.6 Å². The lowest BCUT2D eigenvalue weighted by Crippen LogP contribution is -2.30. The van der Waals surface area contributed by atoms with Gasteiger partial charge in [-0.2, -0.15) is 0 Å². The third-order valence-corrected chi connectivity index (χ3v) is 12.2. The smallest absolute Gasteiger partial charge is 0.306 e. The van der Waals surface area contributed by atoms with Crippen LogP contribution in [0, 0.1) is 0 Å². The van der Waals surface area contributed by atoms with Gasteiger partial charge in [-0.3, -0.25) is 14.4 Å². The molecule has 0 aromatic heterocycles. The van der Waals surface area contributed by atoms with Crippen LogP contribution in [0.2, 0.25) is 0 Å². The van der Waals surface area contributed by atoms with Crippen LogP contribution < -0.4 is 0 Å². The Morgan fingerprint density at radius 2 is 0.597 bits per heavy atom. The van der Waals surface area contributed by atoms with E-state index >= 15 is 0 Å². The molecule has 0 saturated carbocycles. The average molecular weight is 936 g/mol. The predicted octanol–water partition coefficient (Wildman–Crippen LogP) is 19.0. The molecule has 6 heteroatoms. The Labute approximate surface area is 414 Å². The first kappa shape index (κ1) is 63.8. The van der Waals surface area contributed by atoms with Gasteiger partial charge in [0.25, 0.3) is 0 Å². The summed E-state index contributed by atoms with van der Waals surface area (Å²) in [6, 6.07) is 0. The van der Waals surface area contributed by atoms with Crippen LogP contribution in [0.1, 0.15) is 278 Å². The molecule has 0 aliphatic heterocycles. The molecule has 0 aliphatic rings. The quantitative estimate of drug-likeness (QED) is 0.0199. The van der Waals surface area contributed by atoms with Crippen LogP contribution in [0.5, 0.6) is 0 Å². The summed E-state index contributed by atoms with van der Waals surface area (Å²) in [6.07, 6.45) is 70.4. The first-order valence-electron chi connectivity index (χ1n) is 28.5. The minimum Gasteiger partial charge on any atom is -0.462 e. The summed E-state index contributed by atoms with van der Waals surface area (Å²) < 4.78 is 16.8. The molecule has 0 spiro atoms. The second-order valence-electron chi connectivity index (χ2n) is 18.9. The lowest BCUT2D eigenvalue weighted by atomic mass is 10.0. The maximum atomic E-state index is 12.8. The van der Waals surface area contributed by atoms with Crippen molar-refractivity contribution in [3.05, 3.63) is 72.9 Å². The van der Waals surface area contributed by atoms with Crippen molar-refractivity contribution in [1.29, 1.82) is 0 Å². The summed E-state index contributed by atoms with van der Waals surface area (Å²) in [6.45, 7) is 6.56. The number of rotatable bonds is 51. The normalized spacial score (nSPS) is 12.6. The van der Waals surface area contributed by atoms with Crippen molar-refractivity contribution in [3.63, 3.8) is 0 Å². The number of hydrogen-bond donors (Lipinski definition) is 0. The molecule has 0 radical (unpaired) electrons. The lowest BCUT2D eigenvalue weighted by molar-refractivity contribution is -0.167. The van der Waals surface area contributed by atoms with Crippen molar-refractivity contribution in [2.75, 3.05) is 13.2 Å². The SMILES string of the molecule is CCCCC/C=C\C/C=C\C/C=C\C/C=C\CCCC(=O)OCC(COC(=O)CCCCCCCCCCCCCCCCCC)OC(=O)CCCCC/C=C\C=C/CCCCCCCCC. The minimum absolute atomic E-state index is 0.101. The van der Waals surface area contributed by atoms with Gasteiger partial charge in [0.2, 0.25) is 0 Å². The number of carbonyl (C=O) groups excluding carboxylic acids is 3. The molecule has 6 nitrogen and oxygen atoms in total. The fourth-order valence-electron chi connectivity index (χ4n) is 7.90. The Balaban J connectivity index is 4.49. The number of ether oxygens (including phenoxy) is 3. The number of hydrogen-bond acceptors (Lipinski definition) is 6. The van der Waals surface area contributed by atoms with Crippen molar-refractivity contribution < 1.29 is 28.6 Å². The van der Waals surface area contributed by atoms with Gasteiger partial charge in [-0.15, -0.1) is 0 Å². The van der Waals surface area contributed by atoms with Crippen LogP contribution in [-0.4, -0.2) is 37.2 Å². The standard InChI is InChI=1S/C61H106O6/c1-4-7-10-13-16-19-22-25-28-31-34-36-39-42-45-48-51-54-60(63)66-57-58(67-61(64)55-52-49-46-43-40-37-33-30-27-24-21-18-15-12-9-6-3)56-65-59(62)53-50-47-44-41-38-35-32-29-26-23-20-17-14-11-8-5-2/h16,19,25,28,30,33-34,36-37,40,42,45,58H,4-15,17-18,20-24,26-27,29,31-32,35,38-39,41,43-44,46-57H2,1-3H3/b19-16-,28-25-,33-30-,36-34-,40-37-,45-42-. The van der Waals surface area contributed by atoms with Gasteiger partial charge < -0.3 is 14.2 Å². The van der Waals surface area contributed by atoms with Crippen LogP contribution in [0.3, 0.4) is 0 Å². The Morgan fingerprint density at radius 3 is 1.03 bits per heavy atom. The van der Waals surface area contributed by atoms with E-state index in [0.29, 0.717) is 12.8 Å². The molecule has 0 rings (SSSR count). The van der Waals surface area contributed by atoms with Gasteiger partial charge in [0.15, 0.2) is 6.10 Å². The van der Waals surface area contributed by atoms with Crippen molar-refractivity contribution >= 4 is 17.9 Å². The van der Waals surface area contributed by atoms with Gasteiger partial charge in [0.05, 0.1) is 0 Å². The zero-order valence-electron chi connectivity index (χ0n) is 44.2. The molecule has 0 saturated heterocycles. The van der Waals surface area contributed by atoms with Gasteiger partial charge in [0, 0.05) is 19.3 Å². The number of allylic oxidation sites excluding steroid dienone is 12. The van der Waals surface area contributed by atoms with Crippen molar-refractivity contribution in [2.24, 2.45) is 0 Å². The molecular weight excluding hydrogens is 829 g/mol. The Hall–Kier alpha value is -3.15. The van der Waals surface area contributed by atoms with E-state index in [9.17, 15) is 14.4 Å². The van der Waals surface area contributed by atoms with Gasteiger partial charge in [-0.25, -0.2) is 0 Å². The highest BCUT2D eigenvalue weighted by molar-refractivity contribution is 5.71. The van der Waals surface area contributed by atoms with Gasteiger partial charge >= 0.3 is 17.9 Å².